The Bertz CT molecular complexity index is 1100. The number of hydrogen-bond donors (Lipinski definition) is 1. The molecule has 0 fully saturated rings. The van der Waals surface area contributed by atoms with Gasteiger partial charge in [0.1, 0.15) is 0 Å². The fourth-order valence-corrected chi connectivity index (χ4v) is 4.31. The predicted octanol–water partition coefficient (Wildman–Crippen LogP) is 3.77. The van der Waals surface area contributed by atoms with Crippen molar-refractivity contribution < 1.29 is 13.2 Å². The molecular weight excluding hydrogens is 410 g/mol. The number of rotatable bonds is 8. The lowest BCUT2D eigenvalue weighted by Crippen LogP contribution is -2.40. The first-order valence-corrected chi connectivity index (χ1v) is 11.4. The van der Waals surface area contributed by atoms with Crippen LogP contribution in [0.5, 0.6) is 0 Å². The number of benzene rings is 3. The predicted molar refractivity (Wildman–Crippen MR) is 125 cm³/mol. The van der Waals surface area contributed by atoms with Crippen molar-refractivity contribution in [2.45, 2.75) is 17.9 Å². The first-order chi connectivity index (χ1) is 14.8. The molecule has 0 bridgehead atoms. The Kier molecular flexibility index (Phi) is 6.97. The summed E-state index contributed by atoms with van der Waals surface area (Å²) < 4.78 is 26.9. The first kappa shape index (κ1) is 22.4. The van der Waals surface area contributed by atoms with Crippen LogP contribution in [0, 0.1) is 0 Å². The fraction of sp³-hybridized carbons (Fsp3) is 0.208. The Balaban J connectivity index is 1.63. The van der Waals surface area contributed by atoms with E-state index in [9.17, 15) is 13.2 Å². The first-order valence-electron chi connectivity index (χ1n) is 10.0. The molecule has 3 aromatic carbocycles. The number of carbonyl (C=O) groups excluding carboxylic acids is 1. The van der Waals surface area contributed by atoms with Crippen molar-refractivity contribution in [3.05, 3.63) is 90.5 Å². The van der Waals surface area contributed by atoms with Crippen molar-refractivity contribution in [3.63, 3.8) is 0 Å². The second-order valence-corrected chi connectivity index (χ2v) is 9.31. The van der Waals surface area contributed by atoms with Gasteiger partial charge in [0.15, 0.2) is 0 Å². The van der Waals surface area contributed by atoms with E-state index in [2.05, 4.69) is 10.2 Å². The number of carbonyl (C=O) groups is 1. The lowest BCUT2D eigenvalue weighted by atomic mass is 10.2. The van der Waals surface area contributed by atoms with Gasteiger partial charge in [-0.05, 0) is 55.5 Å². The molecule has 3 rings (SSSR count). The van der Waals surface area contributed by atoms with E-state index >= 15 is 0 Å². The molecule has 0 heterocycles. The molecule has 7 heteroatoms. The van der Waals surface area contributed by atoms with Gasteiger partial charge in [0.2, 0.25) is 0 Å². The van der Waals surface area contributed by atoms with Crippen LogP contribution in [0.4, 0.5) is 11.4 Å². The van der Waals surface area contributed by atoms with E-state index in [0.717, 1.165) is 5.69 Å². The van der Waals surface area contributed by atoms with Crippen LogP contribution in [0.2, 0.25) is 0 Å². The summed E-state index contributed by atoms with van der Waals surface area (Å²) in [4.78, 5) is 14.8. The van der Waals surface area contributed by atoms with Crippen molar-refractivity contribution in [2.75, 3.05) is 29.8 Å². The summed E-state index contributed by atoms with van der Waals surface area (Å²) in [6.07, 6.45) is 0. The van der Waals surface area contributed by atoms with E-state index in [-0.39, 0.29) is 16.8 Å². The standard InChI is InChI=1S/C24H27N3O3S/c1-19(26(2)21-10-6-4-7-11-21)18-25-24(28)20-14-16-23(17-15-20)31(29,30)27(3)22-12-8-5-9-13-22/h4-17,19H,18H2,1-3H3,(H,25,28). The molecule has 0 spiro atoms. The minimum Gasteiger partial charge on any atom is -0.370 e. The minimum atomic E-state index is -3.71. The van der Waals surface area contributed by atoms with Crippen molar-refractivity contribution in [2.24, 2.45) is 0 Å². The Morgan fingerprint density at radius 3 is 1.90 bits per heavy atom. The highest BCUT2D eigenvalue weighted by Crippen LogP contribution is 2.22. The Morgan fingerprint density at radius 2 is 1.35 bits per heavy atom. The molecule has 0 aromatic heterocycles. The molecule has 0 aliphatic heterocycles. The minimum absolute atomic E-state index is 0.0884. The topological polar surface area (TPSA) is 69.7 Å². The van der Waals surface area contributed by atoms with Gasteiger partial charge in [-0.3, -0.25) is 9.10 Å². The molecule has 31 heavy (non-hydrogen) atoms. The summed E-state index contributed by atoms with van der Waals surface area (Å²) in [7, 11) is -0.216. The lowest BCUT2D eigenvalue weighted by Gasteiger charge is -2.27. The zero-order valence-electron chi connectivity index (χ0n) is 17.9. The molecule has 1 unspecified atom stereocenters. The maximum atomic E-state index is 12.9. The van der Waals surface area contributed by atoms with E-state index in [1.165, 1.54) is 35.6 Å². The van der Waals surface area contributed by atoms with E-state index in [0.29, 0.717) is 17.8 Å². The van der Waals surface area contributed by atoms with Gasteiger partial charge in [-0.15, -0.1) is 0 Å². The number of nitrogens with one attached hydrogen (secondary N) is 1. The molecule has 3 aromatic rings. The molecule has 0 aliphatic rings. The zero-order valence-corrected chi connectivity index (χ0v) is 18.7. The number of hydrogen-bond acceptors (Lipinski definition) is 4. The molecule has 0 saturated carbocycles. The van der Waals surface area contributed by atoms with Gasteiger partial charge in [-0.25, -0.2) is 8.42 Å². The SMILES string of the molecule is CC(CNC(=O)c1ccc(S(=O)(=O)N(C)c2ccccc2)cc1)N(C)c1ccccc1. The molecule has 0 saturated heterocycles. The number of sulfonamides is 1. The number of nitrogens with zero attached hydrogens (tertiary/aromatic N) is 2. The third-order valence-electron chi connectivity index (χ3n) is 5.28. The van der Waals surface area contributed by atoms with Gasteiger partial charge in [-0.1, -0.05) is 36.4 Å². The average Bonchev–Trinajstić information content (AvgIpc) is 2.82. The summed E-state index contributed by atoms with van der Waals surface area (Å²) in [5, 5.41) is 2.92. The zero-order chi connectivity index (χ0) is 22.4. The van der Waals surface area contributed by atoms with E-state index in [1.807, 2.05) is 50.4 Å². The van der Waals surface area contributed by atoms with Crippen LogP contribution in [0.3, 0.4) is 0 Å². The number of anilines is 2. The monoisotopic (exact) mass is 437 g/mol. The van der Waals surface area contributed by atoms with Gasteiger partial charge in [0.05, 0.1) is 10.6 Å². The number of likely N-dealkylation sites (N-methyl/N-ethyl adjacent to an activating group) is 1. The molecule has 1 N–H and O–H groups in total. The Labute approximate surface area is 184 Å². The van der Waals surface area contributed by atoms with Crippen LogP contribution in [-0.2, 0) is 10.0 Å². The highest BCUT2D eigenvalue weighted by molar-refractivity contribution is 7.92. The molecule has 162 valence electrons. The van der Waals surface area contributed by atoms with E-state index in [4.69, 9.17) is 0 Å². The Hall–Kier alpha value is -3.32. The smallest absolute Gasteiger partial charge is 0.264 e. The molecule has 0 radical (unpaired) electrons. The Morgan fingerprint density at radius 1 is 0.839 bits per heavy atom. The van der Waals surface area contributed by atoms with Gasteiger partial charge in [0.25, 0.3) is 15.9 Å². The van der Waals surface area contributed by atoms with Crippen LogP contribution < -0.4 is 14.5 Å². The second kappa shape index (κ2) is 9.66. The van der Waals surface area contributed by atoms with Gasteiger partial charge < -0.3 is 10.2 Å². The highest BCUT2D eigenvalue weighted by Gasteiger charge is 2.21. The normalized spacial score (nSPS) is 12.1. The molecular formula is C24H27N3O3S. The van der Waals surface area contributed by atoms with Crippen LogP contribution in [-0.4, -0.2) is 41.0 Å². The fourth-order valence-electron chi connectivity index (χ4n) is 3.11. The van der Waals surface area contributed by atoms with Gasteiger partial charge >= 0.3 is 0 Å². The van der Waals surface area contributed by atoms with Crippen molar-refractivity contribution in [3.8, 4) is 0 Å². The van der Waals surface area contributed by atoms with Crippen LogP contribution in [0.25, 0.3) is 0 Å². The summed E-state index contributed by atoms with van der Waals surface area (Å²) >= 11 is 0. The third-order valence-corrected chi connectivity index (χ3v) is 7.08. The van der Waals surface area contributed by atoms with Crippen LogP contribution in [0.1, 0.15) is 17.3 Å². The molecule has 0 aliphatic carbocycles. The molecule has 1 amide bonds. The quantitative estimate of drug-likeness (QED) is 0.583. The third kappa shape index (κ3) is 5.24. The van der Waals surface area contributed by atoms with Gasteiger partial charge in [-0.2, -0.15) is 0 Å². The summed E-state index contributed by atoms with van der Waals surface area (Å²) in [5.74, 6) is -0.242. The largest absolute Gasteiger partial charge is 0.370 e. The second-order valence-electron chi connectivity index (χ2n) is 7.34. The van der Waals surface area contributed by atoms with E-state index in [1.54, 1.807) is 24.3 Å². The summed E-state index contributed by atoms with van der Waals surface area (Å²) in [5.41, 5.74) is 2.05. The van der Waals surface area contributed by atoms with Gasteiger partial charge in [0, 0.05) is 37.9 Å². The number of amides is 1. The molecule has 1 atom stereocenters. The number of para-hydroxylation sites is 2. The van der Waals surface area contributed by atoms with Crippen molar-refractivity contribution in [1.82, 2.24) is 5.32 Å². The average molecular weight is 438 g/mol. The lowest BCUT2D eigenvalue weighted by molar-refractivity contribution is 0.0951. The maximum Gasteiger partial charge on any atom is 0.264 e. The van der Waals surface area contributed by atoms with Crippen molar-refractivity contribution in [1.29, 1.82) is 0 Å². The summed E-state index contributed by atoms with van der Waals surface area (Å²) in [6, 6.07) is 24.9. The highest BCUT2D eigenvalue weighted by atomic mass is 32.2. The molecule has 6 nitrogen and oxygen atoms in total. The van der Waals surface area contributed by atoms with Crippen molar-refractivity contribution >= 4 is 27.3 Å². The van der Waals surface area contributed by atoms with Crippen LogP contribution in [0.15, 0.2) is 89.8 Å². The van der Waals surface area contributed by atoms with E-state index < -0.39 is 10.0 Å². The summed E-state index contributed by atoms with van der Waals surface area (Å²) in [6.45, 7) is 2.49. The maximum absolute atomic E-state index is 12.9. The van der Waals surface area contributed by atoms with Crippen LogP contribution >= 0.6 is 0 Å².